The summed E-state index contributed by atoms with van der Waals surface area (Å²) in [5.41, 5.74) is 5.83. The molecule has 35 heavy (non-hydrogen) atoms. The predicted molar refractivity (Wildman–Crippen MR) is 138 cm³/mol. The highest BCUT2D eigenvalue weighted by Crippen LogP contribution is 2.52. The molecule has 1 aliphatic heterocycles. The van der Waals surface area contributed by atoms with Crippen molar-refractivity contribution in [2.45, 2.75) is 96.2 Å². The van der Waals surface area contributed by atoms with Crippen molar-refractivity contribution in [3.8, 4) is 5.75 Å². The zero-order chi connectivity index (χ0) is 24.6. The smallest absolute Gasteiger partial charge is 0.303 e. The molecule has 2 aliphatic carbocycles. The Kier molecular flexibility index (Phi) is 6.57. The first-order chi connectivity index (χ1) is 16.8. The first-order valence-electron chi connectivity index (χ1n) is 13.2. The lowest BCUT2D eigenvalue weighted by molar-refractivity contribution is -0.144. The third-order valence-electron chi connectivity index (χ3n) is 7.80. The summed E-state index contributed by atoms with van der Waals surface area (Å²) in [4.78, 5) is 25.0. The van der Waals surface area contributed by atoms with Crippen LogP contribution in [0.1, 0.15) is 93.9 Å². The maximum atomic E-state index is 13.1. The van der Waals surface area contributed by atoms with Crippen molar-refractivity contribution in [1.29, 1.82) is 0 Å². The average Bonchev–Trinajstić information content (AvgIpc) is 3.45. The van der Waals surface area contributed by atoms with Gasteiger partial charge in [0, 0.05) is 23.6 Å². The highest BCUT2D eigenvalue weighted by molar-refractivity contribution is 6.12. The molecule has 0 amide bonds. The Bertz CT molecular complexity index is 1150. The minimum absolute atomic E-state index is 0.0317. The Hall–Kier alpha value is -2.88. The van der Waals surface area contributed by atoms with Crippen molar-refractivity contribution in [1.82, 2.24) is 0 Å². The molecule has 4 nitrogen and oxygen atoms in total. The summed E-state index contributed by atoms with van der Waals surface area (Å²) in [6, 6.07) is 15.2. The van der Waals surface area contributed by atoms with E-state index in [2.05, 4.69) is 42.5 Å². The van der Waals surface area contributed by atoms with E-state index in [-0.39, 0.29) is 18.2 Å². The number of rotatable bonds is 7. The molecule has 3 aliphatic rings. The predicted octanol–water partition coefficient (Wildman–Crippen LogP) is 6.74. The Morgan fingerprint density at radius 2 is 1.71 bits per heavy atom. The van der Waals surface area contributed by atoms with E-state index in [9.17, 15) is 9.59 Å². The van der Waals surface area contributed by atoms with Crippen LogP contribution in [0, 0.1) is 0 Å². The second-order valence-corrected chi connectivity index (χ2v) is 10.9. The zero-order valence-corrected chi connectivity index (χ0v) is 21.2. The van der Waals surface area contributed by atoms with Gasteiger partial charge in [-0.05, 0) is 81.0 Å². The van der Waals surface area contributed by atoms with Gasteiger partial charge >= 0.3 is 5.97 Å². The SMILES string of the molecule is CC(=O)OC1CC(=O)C2=C1c1c(cc(CCCCc3ccccc3)cc1C1CCCC1)OC2(C)C. The molecular weight excluding hydrogens is 436 g/mol. The molecule has 5 rings (SSSR count). The number of unbranched alkanes of at least 4 members (excludes halogenated alkanes) is 1. The van der Waals surface area contributed by atoms with Crippen molar-refractivity contribution in [2.24, 2.45) is 0 Å². The largest absolute Gasteiger partial charge is 0.482 e. The summed E-state index contributed by atoms with van der Waals surface area (Å²) in [5, 5.41) is 0. The van der Waals surface area contributed by atoms with E-state index >= 15 is 0 Å². The molecule has 1 unspecified atom stereocenters. The lowest BCUT2D eigenvalue weighted by atomic mass is 9.80. The summed E-state index contributed by atoms with van der Waals surface area (Å²) >= 11 is 0. The first-order valence-corrected chi connectivity index (χ1v) is 13.2. The molecule has 0 bridgehead atoms. The van der Waals surface area contributed by atoms with E-state index in [0.29, 0.717) is 11.5 Å². The van der Waals surface area contributed by atoms with Crippen molar-refractivity contribution in [3.05, 3.63) is 70.3 Å². The van der Waals surface area contributed by atoms with Crippen molar-refractivity contribution < 1.29 is 19.1 Å². The monoisotopic (exact) mass is 472 g/mol. The van der Waals surface area contributed by atoms with Crippen LogP contribution in [0.3, 0.4) is 0 Å². The normalized spacial score (nSPS) is 21.0. The number of aryl methyl sites for hydroxylation is 2. The van der Waals surface area contributed by atoms with Crippen LogP contribution < -0.4 is 4.74 Å². The van der Waals surface area contributed by atoms with Gasteiger partial charge in [0.15, 0.2) is 5.78 Å². The fourth-order valence-electron chi connectivity index (χ4n) is 6.33. The minimum Gasteiger partial charge on any atom is -0.482 e. The standard InChI is InChI=1S/C31H36O4/c1-20(32)34-26-19-25(33)30-29(26)28-24(23-15-9-10-16-23)17-22(18-27(28)35-31(30,2)3)14-8-7-13-21-11-5-4-6-12-21/h4-6,11-12,17-18,23,26H,7-10,13-16,19H2,1-3H3. The highest BCUT2D eigenvalue weighted by Gasteiger charge is 2.48. The minimum atomic E-state index is -0.743. The molecule has 2 aromatic rings. The molecule has 1 atom stereocenters. The van der Waals surface area contributed by atoms with Crippen LogP contribution in [0.5, 0.6) is 5.75 Å². The van der Waals surface area contributed by atoms with Crippen molar-refractivity contribution in [2.75, 3.05) is 0 Å². The molecule has 0 aromatic heterocycles. The number of carbonyl (C=O) groups is 2. The molecule has 1 fully saturated rings. The lowest BCUT2D eigenvalue weighted by Crippen LogP contribution is -2.37. The number of carbonyl (C=O) groups excluding carboxylic acids is 2. The fraction of sp³-hybridized carbons (Fsp3) is 0.484. The highest BCUT2D eigenvalue weighted by atomic mass is 16.5. The van der Waals surface area contributed by atoms with Crippen LogP contribution in [0.4, 0.5) is 0 Å². The molecule has 184 valence electrons. The number of Topliss-reactive ketones (excluding diaryl/α,β-unsaturated/α-hetero) is 1. The lowest BCUT2D eigenvalue weighted by Gasteiger charge is -2.36. The van der Waals surface area contributed by atoms with Crippen LogP contribution in [0.25, 0.3) is 5.57 Å². The summed E-state index contributed by atoms with van der Waals surface area (Å²) in [7, 11) is 0. The van der Waals surface area contributed by atoms with Gasteiger partial charge in [-0.3, -0.25) is 9.59 Å². The molecule has 1 saturated carbocycles. The van der Waals surface area contributed by atoms with Crippen LogP contribution >= 0.6 is 0 Å². The summed E-state index contributed by atoms with van der Waals surface area (Å²) < 4.78 is 12.3. The molecule has 2 aromatic carbocycles. The van der Waals surface area contributed by atoms with Crippen LogP contribution in [-0.2, 0) is 27.2 Å². The van der Waals surface area contributed by atoms with Gasteiger partial charge in [-0.2, -0.15) is 0 Å². The Labute approximate surface area is 208 Å². The van der Waals surface area contributed by atoms with Gasteiger partial charge in [0.1, 0.15) is 17.5 Å². The third-order valence-corrected chi connectivity index (χ3v) is 7.80. The maximum Gasteiger partial charge on any atom is 0.303 e. The molecule has 0 spiro atoms. The molecule has 0 N–H and O–H groups in total. The van der Waals surface area contributed by atoms with E-state index in [1.165, 1.54) is 36.5 Å². The number of fused-ring (bicyclic) bond motifs is 2. The second-order valence-electron chi connectivity index (χ2n) is 10.9. The number of ketones is 1. The van der Waals surface area contributed by atoms with Crippen molar-refractivity contribution in [3.63, 3.8) is 0 Å². The van der Waals surface area contributed by atoms with E-state index in [1.54, 1.807) is 0 Å². The summed E-state index contributed by atoms with van der Waals surface area (Å²) in [6.07, 6.45) is 8.81. The summed E-state index contributed by atoms with van der Waals surface area (Å²) in [5.74, 6) is 0.993. The van der Waals surface area contributed by atoms with Crippen molar-refractivity contribution >= 4 is 17.3 Å². The molecule has 0 saturated heterocycles. The second kappa shape index (κ2) is 9.64. The molecule has 0 radical (unpaired) electrons. The summed E-state index contributed by atoms with van der Waals surface area (Å²) in [6.45, 7) is 5.34. The first kappa shape index (κ1) is 23.8. The van der Waals surface area contributed by atoms with E-state index in [0.717, 1.165) is 55.4 Å². The maximum absolute atomic E-state index is 13.1. The van der Waals surface area contributed by atoms with Gasteiger partial charge in [0.2, 0.25) is 0 Å². The number of ether oxygens (including phenoxy) is 2. The Balaban J connectivity index is 1.49. The topological polar surface area (TPSA) is 52.6 Å². The number of benzene rings is 2. The van der Waals surface area contributed by atoms with Gasteiger partial charge in [-0.1, -0.05) is 49.2 Å². The molecular formula is C31H36O4. The fourth-order valence-corrected chi connectivity index (χ4v) is 6.33. The Morgan fingerprint density at radius 3 is 2.40 bits per heavy atom. The van der Waals surface area contributed by atoms with Crippen LogP contribution in [0.2, 0.25) is 0 Å². The third kappa shape index (κ3) is 4.80. The van der Waals surface area contributed by atoms with E-state index < -0.39 is 11.7 Å². The van der Waals surface area contributed by atoms with Gasteiger partial charge < -0.3 is 9.47 Å². The van der Waals surface area contributed by atoms with Gasteiger partial charge in [-0.25, -0.2) is 0 Å². The number of hydrogen-bond donors (Lipinski definition) is 0. The molecule has 4 heteroatoms. The van der Waals surface area contributed by atoms with Crippen LogP contribution in [-0.4, -0.2) is 23.5 Å². The Morgan fingerprint density at radius 1 is 1.03 bits per heavy atom. The van der Waals surface area contributed by atoms with E-state index in [1.807, 2.05) is 13.8 Å². The average molecular weight is 473 g/mol. The van der Waals surface area contributed by atoms with Crippen LogP contribution in [0.15, 0.2) is 48.0 Å². The zero-order valence-electron chi connectivity index (χ0n) is 21.2. The van der Waals surface area contributed by atoms with Gasteiger partial charge in [-0.15, -0.1) is 0 Å². The molecule has 1 heterocycles. The van der Waals surface area contributed by atoms with Gasteiger partial charge in [0.25, 0.3) is 0 Å². The number of hydrogen-bond acceptors (Lipinski definition) is 4. The van der Waals surface area contributed by atoms with Gasteiger partial charge in [0.05, 0.1) is 6.42 Å². The number of esters is 1. The van der Waals surface area contributed by atoms with E-state index in [4.69, 9.17) is 9.47 Å². The quantitative estimate of drug-likeness (QED) is 0.331.